The zero-order chi connectivity index (χ0) is 17.1. The van der Waals surface area contributed by atoms with Crippen molar-refractivity contribution in [2.75, 3.05) is 29.9 Å². The third kappa shape index (κ3) is 3.26. The fourth-order valence-electron chi connectivity index (χ4n) is 3.02. The number of nitrogens with zero attached hydrogens (tertiary/aromatic N) is 2. The number of amides is 1. The number of carbonyl (C=O) groups is 1. The fourth-order valence-corrected chi connectivity index (χ4v) is 3.02. The predicted molar refractivity (Wildman–Crippen MR) is 99.1 cm³/mol. The molecule has 3 aromatic rings. The molecule has 25 heavy (non-hydrogen) atoms. The summed E-state index contributed by atoms with van der Waals surface area (Å²) in [4.78, 5) is 18.5. The molecule has 0 saturated heterocycles. The lowest BCUT2D eigenvalue weighted by molar-refractivity contribution is -0.121. The Morgan fingerprint density at radius 3 is 2.84 bits per heavy atom. The highest BCUT2D eigenvalue weighted by molar-refractivity contribution is 5.97. The van der Waals surface area contributed by atoms with Crippen LogP contribution in [0.4, 0.5) is 11.5 Å². The lowest BCUT2D eigenvalue weighted by Gasteiger charge is -2.29. The van der Waals surface area contributed by atoms with Gasteiger partial charge in [-0.3, -0.25) is 4.79 Å². The zero-order valence-electron chi connectivity index (χ0n) is 13.8. The van der Waals surface area contributed by atoms with E-state index in [9.17, 15) is 4.79 Å². The van der Waals surface area contributed by atoms with Crippen LogP contribution in [0.1, 0.15) is 6.42 Å². The van der Waals surface area contributed by atoms with Gasteiger partial charge in [0.15, 0.2) is 6.61 Å². The number of pyridine rings is 1. The minimum absolute atomic E-state index is 0.00234. The fraction of sp³-hybridized carbons (Fsp3) is 0.200. The number of carbonyl (C=O) groups excluding carboxylic acids is 1. The minimum atomic E-state index is 0.00234. The Labute approximate surface area is 146 Å². The van der Waals surface area contributed by atoms with Crippen molar-refractivity contribution in [3.63, 3.8) is 0 Å². The number of aromatic nitrogens is 1. The molecule has 0 spiro atoms. The molecule has 0 atom stereocenters. The summed E-state index contributed by atoms with van der Waals surface area (Å²) in [5.41, 5.74) is 1.83. The van der Waals surface area contributed by atoms with Crippen molar-refractivity contribution in [1.29, 1.82) is 0 Å². The number of rotatable bonds is 5. The van der Waals surface area contributed by atoms with Gasteiger partial charge in [-0.15, -0.1) is 0 Å². The van der Waals surface area contributed by atoms with Gasteiger partial charge in [0.05, 0.1) is 11.2 Å². The van der Waals surface area contributed by atoms with Crippen molar-refractivity contribution in [1.82, 2.24) is 4.98 Å². The van der Waals surface area contributed by atoms with Crippen molar-refractivity contribution < 1.29 is 9.53 Å². The summed E-state index contributed by atoms with van der Waals surface area (Å²) in [6.07, 6.45) is 0.828. The van der Waals surface area contributed by atoms with E-state index in [1.807, 2.05) is 54.6 Å². The van der Waals surface area contributed by atoms with Gasteiger partial charge in [0.2, 0.25) is 0 Å². The topological polar surface area (TPSA) is 54.5 Å². The van der Waals surface area contributed by atoms with E-state index in [2.05, 4.69) is 16.4 Å². The van der Waals surface area contributed by atoms with Crippen LogP contribution in [0.3, 0.4) is 0 Å². The van der Waals surface area contributed by atoms with Gasteiger partial charge in [-0.1, -0.05) is 30.3 Å². The van der Waals surface area contributed by atoms with Crippen LogP contribution in [0.25, 0.3) is 10.9 Å². The van der Waals surface area contributed by atoms with E-state index in [4.69, 9.17) is 4.74 Å². The Morgan fingerprint density at radius 1 is 1.04 bits per heavy atom. The summed E-state index contributed by atoms with van der Waals surface area (Å²) >= 11 is 0. The first-order valence-corrected chi connectivity index (χ1v) is 8.43. The summed E-state index contributed by atoms with van der Waals surface area (Å²) in [5.74, 6) is 1.63. The van der Waals surface area contributed by atoms with Gasteiger partial charge in [0.1, 0.15) is 11.6 Å². The van der Waals surface area contributed by atoms with E-state index in [1.165, 1.54) is 0 Å². The molecule has 2 heterocycles. The third-order valence-corrected chi connectivity index (χ3v) is 4.27. The molecule has 1 aliphatic rings. The Hall–Kier alpha value is -3.08. The first kappa shape index (κ1) is 15.4. The van der Waals surface area contributed by atoms with Crippen molar-refractivity contribution in [2.24, 2.45) is 0 Å². The third-order valence-electron chi connectivity index (χ3n) is 4.27. The van der Waals surface area contributed by atoms with Crippen LogP contribution in [0.15, 0.2) is 60.7 Å². The summed E-state index contributed by atoms with van der Waals surface area (Å²) in [6, 6.07) is 19.7. The van der Waals surface area contributed by atoms with Crippen LogP contribution in [0.2, 0.25) is 0 Å². The number of anilines is 2. The van der Waals surface area contributed by atoms with E-state index in [0.29, 0.717) is 6.54 Å². The molecule has 0 bridgehead atoms. The lowest BCUT2D eigenvalue weighted by atomic mass is 10.2. The summed E-state index contributed by atoms with van der Waals surface area (Å²) < 4.78 is 5.47. The van der Waals surface area contributed by atoms with Gasteiger partial charge >= 0.3 is 0 Å². The largest absolute Gasteiger partial charge is 0.482 e. The standard InChI is InChI=1S/C20H19N3O2/c24-20-14-25-18-9-4-3-8-17(18)23(20)13-5-12-21-19-11-10-15-6-1-2-7-16(15)22-19/h1-4,6-11H,5,12-14H2,(H,21,22). The smallest absolute Gasteiger partial charge is 0.265 e. The van der Waals surface area contributed by atoms with E-state index in [-0.39, 0.29) is 12.5 Å². The Kier molecular flexibility index (Phi) is 4.21. The molecular formula is C20H19N3O2. The number of nitrogens with one attached hydrogen (secondary N) is 1. The maximum atomic E-state index is 12.1. The molecule has 5 heteroatoms. The molecule has 0 aliphatic carbocycles. The highest BCUT2D eigenvalue weighted by Gasteiger charge is 2.24. The number of para-hydroxylation sites is 3. The molecule has 4 rings (SSSR count). The van der Waals surface area contributed by atoms with Crippen LogP contribution >= 0.6 is 0 Å². The summed E-state index contributed by atoms with van der Waals surface area (Å²) in [5, 5.41) is 4.46. The van der Waals surface area contributed by atoms with Gasteiger partial charge in [-0.25, -0.2) is 4.98 Å². The van der Waals surface area contributed by atoms with Gasteiger partial charge in [-0.05, 0) is 36.8 Å². The van der Waals surface area contributed by atoms with Crippen LogP contribution in [0, 0.1) is 0 Å². The normalized spacial score (nSPS) is 13.4. The van der Waals surface area contributed by atoms with E-state index >= 15 is 0 Å². The number of hydrogen-bond donors (Lipinski definition) is 1. The van der Waals surface area contributed by atoms with Gasteiger partial charge in [-0.2, -0.15) is 0 Å². The first-order chi connectivity index (χ1) is 12.3. The lowest BCUT2D eigenvalue weighted by Crippen LogP contribution is -2.39. The van der Waals surface area contributed by atoms with Crippen molar-refractivity contribution in [2.45, 2.75) is 6.42 Å². The molecule has 1 aromatic heterocycles. The van der Waals surface area contributed by atoms with Crippen LogP contribution in [0.5, 0.6) is 5.75 Å². The van der Waals surface area contributed by atoms with Gasteiger partial charge in [0.25, 0.3) is 5.91 Å². The van der Waals surface area contributed by atoms with Crippen molar-refractivity contribution in [3.8, 4) is 5.75 Å². The Morgan fingerprint density at radius 2 is 1.88 bits per heavy atom. The molecule has 0 radical (unpaired) electrons. The zero-order valence-corrected chi connectivity index (χ0v) is 13.8. The summed E-state index contributed by atoms with van der Waals surface area (Å²) in [7, 11) is 0. The number of ether oxygens (including phenoxy) is 1. The molecule has 2 aromatic carbocycles. The molecule has 0 fully saturated rings. The number of benzene rings is 2. The molecule has 0 unspecified atom stereocenters. The quantitative estimate of drug-likeness (QED) is 0.727. The Bertz CT molecular complexity index is 910. The highest BCUT2D eigenvalue weighted by Crippen LogP contribution is 2.31. The second kappa shape index (κ2) is 6.81. The minimum Gasteiger partial charge on any atom is -0.482 e. The molecule has 5 nitrogen and oxygen atoms in total. The SMILES string of the molecule is O=C1COc2ccccc2N1CCCNc1ccc2ccccc2n1. The molecule has 126 valence electrons. The number of fused-ring (bicyclic) bond motifs is 2. The average Bonchev–Trinajstić information content (AvgIpc) is 2.66. The van der Waals surface area contributed by atoms with Gasteiger partial charge < -0.3 is 15.0 Å². The molecule has 0 saturated carbocycles. The van der Waals surface area contributed by atoms with E-state index in [0.717, 1.165) is 41.1 Å². The molecule has 1 amide bonds. The van der Waals surface area contributed by atoms with E-state index < -0.39 is 0 Å². The molecule has 1 N–H and O–H groups in total. The maximum absolute atomic E-state index is 12.1. The van der Waals surface area contributed by atoms with E-state index in [1.54, 1.807) is 4.90 Å². The second-order valence-electron chi connectivity index (χ2n) is 5.97. The average molecular weight is 333 g/mol. The predicted octanol–water partition coefficient (Wildman–Crippen LogP) is 3.46. The molecular weight excluding hydrogens is 314 g/mol. The monoisotopic (exact) mass is 333 g/mol. The molecule has 1 aliphatic heterocycles. The van der Waals surface area contributed by atoms with Crippen molar-refractivity contribution >= 4 is 28.3 Å². The Balaban J connectivity index is 1.37. The second-order valence-corrected chi connectivity index (χ2v) is 5.97. The maximum Gasteiger partial charge on any atom is 0.265 e. The van der Waals surface area contributed by atoms with Gasteiger partial charge in [0, 0.05) is 18.5 Å². The highest BCUT2D eigenvalue weighted by atomic mass is 16.5. The summed E-state index contributed by atoms with van der Waals surface area (Å²) in [6.45, 7) is 1.51. The van der Waals surface area contributed by atoms with Crippen LogP contribution in [-0.2, 0) is 4.79 Å². The van der Waals surface area contributed by atoms with Crippen LogP contribution < -0.4 is 15.0 Å². The van der Waals surface area contributed by atoms with Crippen molar-refractivity contribution in [3.05, 3.63) is 60.7 Å². The van der Waals surface area contributed by atoms with Crippen LogP contribution in [-0.4, -0.2) is 30.6 Å². The first-order valence-electron chi connectivity index (χ1n) is 8.43. The number of hydrogen-bond acceptors (Lipinski definition) is 4.